The molecule has 1 aromatic carbocycles. The van der Waals surface area contributed by atoms with Gasteiger partial charge in [0.25, 0.3) is 0 Å². The predicted molar refractivity (Wildman–Crippen MR) is 102 cm³/mol. The molecule has 0 spiro atoms. The van der Waals surface area contributed by atoms with Crippen LogP contribution in [-0.4, -0.2) is 40.6 Å². The Kier molecular flexibility index (Phi) is 6.10. The second-order valence-electron chi connectivity index (χ2n) is 6.68. The maximum absolute atomic E-state index is 12.1. The minimum absolute atomic E-state index is 0.0119. The number of hydrogen-bond donors (Lipinski definition) is 2. The molecule has 25 heavy (non-hydrogen) atoms. The molecule has 1 amide bonds. The number of piperidine rings is 1. The standard InChI is InChI=1S/C19H25ClN4O/c1-14-7-8-15(20)12-16(14)17-13-18(23-22-17)21-19(25)6-5-11-24-9-3-2-4-10-24/h7-8,12-13H,2-6,9-11H2,1H3,(H2,21,22,23,25). The molecule has 0 bridgehead atoms. The third-order valence-electron chi connectivity index (χ3n) is 4.66. The fraction of sp³-hybridized carbons (Fsp3) is 0.474. The topological polar surface area (TPSA) is 61.0 Å². The number of nitrogens with one attached hydrogen (secondary N) is 2. The molecule has 0 radical (unpaired) electrons. The first kappa shape index (κ1) is 18.0. The number of rotatable bonds is 6. The van der Waals surface area contributed by atoms with Gasteiger partial charge in [-0.25, -0.2) is 0 Å². The van der Waals surface area contributed by atoms with Gasteiger partial charge in [-0.3, -0.25) is 9.89 Å². The molecule has 5 nitrogen and oxygen atoms in total. The van der Waals surface area contributed by atoms with E-state index in [9.17, 15) is 4.79 Å². The molecule has 2 heterocycles. The van der Waals surface area contributed by atoms with Gasteiger partial charge in [-0.2, -0.15) is 5.10 Å². The fourth-order valence-corrected chi connectivity index (χ4v) is 3.43. The summed E-state index contributed by atoms with van der Waals surface area (Å²) >= 11 is 6.07. The number of benzene rings is 1. The van der Waals surface area contributed by atoms with Crippen LogP contribution >= 0.6 is 11.6 Å². The van der Waals surface area contributed by atoms with Gasteiger partial charge < -0.3 is 10.2 Å². The molecule has 0 saturated carbocycles. The number of nitrogens with zero attached hydrogens (tertiary/aromatic N) is 2. The lowest BCUT2D eigenvalue weighted by Crippen LogP contribution is -2.31. The summed E-state index contributed by atoms with van der Waals surface area (Å²) in [5.74, 6) is 0.565. The highest BCUT2D eigenvalue weighted by Crippen LogP contribution is 2.26. The van der Waals surface area contributed by atoms with E-state index in [4.69, 9.17) is 11.6 Å². The Morgan fingerprint density at radius 2 is 2.08 bits per heavy atom. The predicted octanol–water partition coefficient (Wildman–Crippen LogP) is 4.24. The summed E-state index contributed by atoms with van der Waals surface area (Å²) in [6.45, 7) is 5.36. The number of aryl methyl sites for hydroxylation is 1. The molecular weight excluding hydrogens is 336 g/mol. The number of anilines is 1. The number of hydrogen-bond acceptors (Lipinski definition) is 3. The molecule has 1 aliphatic rings. The van der Waals surface area contributed by atoms with Crippen LogP contribution in [0.5, 0.6) is 0 Å². The van der Waals surface area contributed by atoms with Crippen molar-refractivity contribution in [2.24, 2.45) is 0 Å². The van der Waals surface area contributed by atoms with E-state index in [0.717, 1.165) is 29.8 Å². The van der Waals surface area contributed by atoms with Crippen LogP contribution in [0, 0.1) is 6.92 Å². The van der Waals surface area contributed by atoms with E-state index in [1.54, 1.807) is 0 Å². The number of aromatic nitrogens is 2. The summed E-state index contributed by atoms with van der Waals surface area (Å²) in [6.07, 6.45) is 5.31. The van der Waals surface area contributed by atoms with E-state index in [0.29, 0.717) is 17.3 Å². The van der Waals surface area contributed by atoms with Crippen molar-refractivity contribution in [3.8, 4) is 11.3 Å². The van der Waals surface area contributed by atoms with Crippen molar-refractivity contribution in [3.05, 3.63) is 34.9 Å². The molecular formula is C19H25ClN4O. The summed E-state index contributed by atoms with van der Waals surface area (Å²) in [5, 5.41) is 10.7. The lowest BCUT2D eigenvalue weighted by Gasteiger charge is -2.26. The van der Waals surface area contributed by atoms with Crippen molar-refractivity contribution in [1.29, 1.82) is 0 Å². The van der Waals surface area contributed by atoms with Gasteiger partial charge in [0.2, 0.25) is 5.91 Å². The number of likely N-dealkylation sites (tertiary alicyclic amines) is 1. The summed E-state index contributed by atoms with van der Waals surface area (Å²) in [6, 6.07) is 7.58. The van der Waals surface area contributed by atoms with E-state index in [1.807, 2.05) is 31.2 Å². The van der Waals surface area contributed by atoms with Crippen molar-refractivity contribution in [2.75, 3.05) is 25.0 Å². The summed E-state index contributed by atoms with van der Waals surface area (Å²) in [5.41, 5.74) is 2.95. The molecule has 0 atom stereocenters. The Balaban J connectivity index is 1.50. The van der Waals surface area contributed by atoms with Crippen LogP contribution in [0.3, 0.4) is 0 Å². The number of carbonyl (C=O) groups is 1. The van der Waals surface area contributed by atoms with Gasteiger partial charge in [0.1, 0.15) is 0 Å². The van der Waals surface area contributed by atoms with Crippen molar-refractivity contribution in [2.45, 2.75) is 39.0 Å². The number of halogens is 1. The minimum atomic E-state index is 0.0119. The number of H-pyrrole nitrogens is 1. The van der Waals surface area contributed by atoms with E-state index in [1.165, 1.54) is 32.4 Å². The minimum Gasteiger partial charge on any atom is -0.309 e. The summed E-state index contributed by atoms with van der Waals surface area (Å²) < 4.78 is 0. The normalized spacial score (nSPS) is 15.3. The zero-order chi connectivity index (χ0) is 17.6. The van der Waals surface area contributed by atoms with Gasteiger partial charge in [-0.1, -0.05) is 24.1 Å². The third-order valence-corrected chi connectivity index (χ3v) is 4.90. The Bertz CT molecular complexity index is 722. The zero-order valence-corrected chi connectivity index (χ0v) is 15.4. The van der Waals surface area contributed by atoms with Crippen LogP contribution in [0.4, 0.5) is 5.82 Å². The molecule has 0 aliphatic carbocycles. The molecule has 2 aromatic rings. The van der Waals surface area contributed by atoms with Gasteiger partial charge in [-0.15, -0.1) is 0 Å². The molecule has 134 valence electrons. The molecule has 6 heteroatoms. The van der Waals surface area contributed by atoms with Crippen LogP contribution in [-0.2, 0) is 4.79 Å². The lowest BCUT2D eigenvalue weighted by molar-refractivity contribution is -0.116. The molecule has 1 saturated heterocycles. The number of aromatic amines is 1. The van der Waals surface area contributed by atoms with Gasteiger partial charge >= 0.3 is 0 Å². The first-order valence-corrected chi connectivity index (χ1v) is 9.34. The monoisotopic (exact) mass is 360 g/mol. The second kappa shape index (κ2) is 8.50. The van der Waals surface area contributed by atoms with Crippen LogP contribution in [0.2, 0.25) is 5.02 Å². The van der Waals surface area contributed by atoms with Crippen molar-refractivity contribution < 1.29 is 4.79 Å². The van der Waals surface area contributed by atoms with Crippen molar-refractivity contribution in [1.82, 2.24) is 15.1 Å². The van der Waals surface area contributed by atoms with Gasteiger partial charge in [0.15, 0.2) is 5.82 Å². The van der Waals surface area contributed by atoms with Gasteiger partial charge in [0.05, 0.1) is 5.69 Å². The summed E-state index contributed by atoms with van der Waals surface area (Å²) in [7, 11) is 0. The maximum atomic E-state index is 12.1. The Morgan fingerprint density at radius 3 is 2.88 bits per heavy atom. The van der Waals surface area contributed by atoms with Crippen LogP contribution in [0.1, 0.15) is 37.7 Å². The SMILES string of the molecule is Cc1ccc(Cl)cc1-c1cc(NC(=O)CCCN2CCCCC2)n[nH]1. The van der Waals surface area contributed by atoms with E-state index in [-0.39, 0.29) is 5.91 Å². The van der Waals surface area contributed by atoms with Crippen LogP contribution in [0.15, 0.2) is 24.3 Å². The Morgan fingerprint density at radius 1 is 1.28 bits per heavy atom. The highest BCUT2D eigenvalue weighted by molar-refractivity contribution is 6.30. The van der Waals surface area contributed by atoms with Crippen molar-refractivity contribution >= 4 is 23.3 Å². The smallest absolute Gasteiger partial charge is 0.225 e. The Labute approximate surface area is 153 Å². The third kappa shape index (κ3) is 5.06. The molecule has 1 aromatic heterocycles. The molecule has 0 unspecified atom stereocenters. The first-order chi connectivity index (χ1) is 12.1. The van der Waals surface area contributed by atoms with Crippen LogP contribution < -0.4 is 5.32 Å². The van der Waals surface area contributed by atoms with E-state index >= 15 is 0 Å². The largest absolute Gasteiger partial charge is 0.309 e. The average molecular weight is 361 g/mol. The second-order valence-corrected chi connectivity index (χ2v) is 7.12. The fourth-order valence-electron chi connectivity index (χ4n) is 3.26. The molecule has 2 N–H and O–H groups in total. The molecule has 3 rings (SSSR count). The summed E-state index contributed by atoms with van der Waals surface area (Å²) in [4.78, 5) is 14.6. The highest BCUT2D eigenvalue weighted by Gasteiger charge is 2.12. The zero-order valence-electron chi connectivity index (χ0n) is 14.6. The lowest BCUT2D eigenvalue weighted by atomic mass is 10.1. The average Bonchev–Trinajstić information content (AvgIpc) is 3.06. The van der Waals surface area contributed by atoms with Gasteiger partial charge in [0, 0.05) is 23.1 Å². The highest BCUT2D eigenvalue weighted by atomic mass is 35.5. The van der Waals surface area contributed by atoms with E-state index in [2.05, 4.69) is 20.4 Å². The van der Waals surface area contributed by atoms with Gasteiger partial charge in [-0.05, 0) is 63.5 Å². The number of amides is 1. The van der Waals surface area contributed by atoms with Crippen molar-refractivity contribution in [3.63, 3.8) is 0 Å². The number of carbonyl (C=O) groups excluding carboxylic acids is 1. The van der Waals surface area contributed by atoms with E-state index < -0.39 is 0 Å². The first-order valence-electron chi connectivity index (χ1n) is 8.96. The van der Waals surface area contributed by atoms with Crippen LogP contribution in [0.25, 0.3) is 11.3 Å². The quantitative estimate of drug-likeness (QED) is 0.809. The maximum Gasteiger partial charge on any atom is 0.225 e. The molecule has 1 aliphatic heterocycles. The molecule has 1 fully saturated rings. The Hall–Kier alpha value is -1.85.